The van der Waals surface area contributed by atoms with Gasteiger partial charge in [-0.05, 0) is 122 Å². The van der Waals surface area contributed by atoms with Crippen LogP contribution in [0, 0.1) is 0 Å². The number of rotatable bonds is 8. The maximum Gasteiger partial charge on any atom is 0.0465 e. The summed E-state index contributed by atoms with van der Waals surface area (Å²) in [6.45, 7) is 2.41. The molecule has 9 aromatic rings. The second kappa shape index (κ2) is 14.5. The highest BCUT2D eigenvalue weighted by molar-refractivity contribution is 5.89. The van der Waals surface area contributed by atoms with E-state index >= 15 is 0 Å². The van der Waals surface area contributed by atoms with E-state index in [1.165, 1.54) is 72.3 Å². The van der Waals surface area contributed by atoms with Crippen molar-refractivity contribution in [3.05, 3.63) is 247 Å². The van der Waals surface area contributed by atoms with E-state index in [1.54, 1.807) is 0 Å². The lowest BCUT2D eigenvalue weighted by molar-refractivity contribution is 0.714. The summed E-state index contributed by atoms with van der Waals surface area (Å²) in [6.07, 6.45) is 0. The molecule has 1 aliphatic rings. The zero-order valence-corrected chi connectivity index (χ0v) is 31.9. The van der Waals surface area contributed by atoms with Gasteiger partial charge in [-0.15, -0.1) is 0 Å². The van der Waals surface area contributed by atoms with Gasteiger partial charge in [0.05, 0.1) is 0 Å². The van der Waals surface area contributed by atoms with Crippen molar-refractivity contribution in [1.29, 1.82) is 0 Å². The first-order chi connectivity index (χ1) is 28.1. The highest BCUT2D eigenvalue weighted by Crippen LogP contribution is 2.54. The molecule has 0 aliphatic heterocycles. The van der Waals surface area contributed by atoms with Crippen molar-refractivity contribution >= 4 is 17.1 Å². The number of hydrogen-bond acceptors (Lipinski definition) is 1. The minimum atomic E-state index is -0.373. The summed E-state index contributed by atoms with van der Waals surface area (Å²) in [4.78, 5) is 2.40. The highest BCUT2D eigenvalue weighted by Gasteiger charge is 2.41. The molecule has 57 heavy (non-hydrogen) atoms. The van der Waals surface area contributed by atoms with E-state index in [2.05, 4.69) is 242 Å². The predicted octanol–water partition coefficient (Wildman–Crippen LogP) is 15.2. The Morgan fingerprint density at radius 2 is 0.596 bits per heavy atom. The van der Waals surface area contributed by atoms with Gasteiger partial charge < -0.3 is 4.90 Å². The van der Waals surface area contributed by atoms with Gasteiger partial charge in [0.2, 0.25) is 0 Å². The average Bonchev–Trinajstić information content (AvgIpc) is 3.55. The second-order valence-electron chi connectivity index (χ2n) is 15.1. The Balaban J connectivity index is 1.09. The Morgan fingerprint density at radius 3 is 1.05 bits per heavy atom. The van der Waals surface area contributed by atoms with Crippen LogP contribution in [-0.4, -0.2) is 0 Å². The summed E-state index contributed by atoms with van der Waals surface area (Å²) in [5.74, 6) is 0. The predicted molar refractivity (Wildman–Crippen MR) is 240 cm³/mol. The Kier molecular flexibility index (Phi) is 8.69. The largest absolute Gasteiger partial charge is 0.310 e. The smallest absolute Gasteiger partial charge is 0.0465 e. The van der Waals surface area contributed by atoms with Crippen molar-refractivity contribution in [3.8, 4) is 55.6 Å². The van der Waals surface area contributed by atoms with E-state index in [0.29, 0.717) is 0 Å². The van der Waals surface area contributed by atoms with Gasteiger partial charge >= 0.3 is 0 Å². The Morgan fingerprint density at radius 1 is 0.281 bits per heavy atom. The van der Waals surface area contributed by atoms with Crippen molar-refractivity contribution in [2.75, 3.05) is 4.90 Å². The molecule has 0 saturated carbocycles. The summed E-state index contributed by atoms with van der Waals surface area (Å²) in [7, 11) is 0. The van der Waals surface area contributed by atoms with Crippen LogP contribution in [0.1, 0.15) is 23.6 Å². The molecule has 0 N–H and O–H groups in total. The van der Waals surface area contributed by atoms with Gasteiger partial charge in [0, 0.05) is 22.5 Å². The first kappa shape index (κ1) is 34.3. The van der Waals surface area contributed by atoms with E-state index < -0.39 is 0 Å². The molecule has 270 valence electrons. The highest BCUT2D eigenvalue weighted by atomic mass is 15.1. The molecule has 0 aromatic heterocycles. The molecule has 0 bridgehead atoms. The average molecular weight is 728 g/mol. The number of benzene rings is 9. The van der Waals surface area contributed by atoms with Crippen LogP contribution in [0.5, 0.6) is 0 Å². The number of nitrogens with zero attached hydrogens (tertiary/aromatic N) is 1. The molecular weight excluding hydrogens is 687 g/mol. The molecule has 1 nitrogen and oxygen atoms in total. The summed E-state index contributed by atoms with van der Waals surface area (Å²) < 4.78 is 0. The fourth-order valence-electron chi connectivity index (χ4n) is 8.72. The van der Waals surface area contributed by atoms with E-state index in [9.17, 15) is 0 Å². The van der Waals surface area contributed by atoms with E-state index in [-0.39, 0.29) is 5.41 Å². The van der Waals surface area contributed by atoms with Gasteiger partial charge in [-0.25, -0.2) is 0 Å². The lowest BCUT2D eigenvalue weighted by Gasteiger charge is -2.31. The third-order valence-electron chi connectivity index (χ3n) is 11.8. The van der Waals surface area contributed by atoms with Crippen LogP contribution in [0.2, 0.25) is 0 Å². The molecular formula is C56H41N. The Hall–Kier alpha value is -7.22. The maximum atomic E-state index is 2.44. The van der Waals surface area contributed by atoms with E-state index in [4.69, 9.17) is 0 Å². The topological polar surface area (TPSA) is 3.24 Å². The van der Waals surface area contributed by atoms with Crippen LogP contribution in [0.3, 0.4) is 0 Å². The van der Waals surface area contributed by atoms with Crippen LogP contribution in [0.4, 0.5) is 17.1 Å². The standard InChI is InChI=1S/C56H41N/c1-56(48-20-12-5-13-21-48)54-38-47(46-24-22-43(23-25-46)40-14-6-2-7-15-40)30-36-52(54)53-37-35-51(39-55(53)56)57(49-31-26-44(27-32-49)41-16-8-3-9-17-41)50-33-28-45(29-34-50)42-18-10-4-11-19-42/h2-39H,1H3. The quantitative estimate of drug-likeness (QED) is 0.151. The molecule has 1 atom stereocenters. The number of hydrogen-bond donors (Lipinski definition) is 0. The zero-order chi connectivity index (χ0) is 38.2. The van der Waals surface area contributed by atoms with Crippen LogP contribution < -0.4 is 4.90 Å². The van der Waals surface area contributed by atoms with Gasteiger partial charge in [0.25, 0.3) is 0 Å². The normalized spacial score (nSPS) is 14.1. The second-order valence-corrected chi connectivity index (χ2v) is 15.1. The van der Waals surface area contributed by atoms with E-state index in [0.717, 1.165) is 17.1 Å². The molecule has 9 aromatic carbocycles. The van der Waals surface area contributed by atoms with Gasteiger partial charge in [0.1, 0.15) is 0 Å². The van der Waals surface area contributed by atoms with Crippen LogP contribution >= 0.6 is 0 Å². The fraction of sp³-hybridized carbons (Fsp3) is 0.0357. The lowest BCUT2D eigenvalue weighted by atomic mass is 9.73. The third-order valence-corrected chi connectivity index (χ3v) is 11.8. The zero-order valence-electron chi connectivity index (χ0n) is 31.9. The molecule has 1 unspecified atom stereocenters. The number of fused-ring (bicyclic) bond motifs is 3. The van der Waals surface area contributed by atoms with Gasteiger partial charge in [-0.2, -0.15) is 0 Å². The SMILES string of the molecule is CC1(c2ccccc2)c2cc(-c3ccc(-c4ccccc4)cc3)ccc2-c2ccc(N(c3ccc(-c4ccccc4)cc3)c3ccc(-c4ccccc4)cc3)cc21. The van der Waals surface area contributed by atoms with Crippen molar-refractivity contribution in [3.63, 3.8) is 0 Å². The summed E-state index contributed by atoms with van der Waals surface area (Å²) in [5.41, 5.74) is 19.2. The first-order valence-corrected chi connectivity index (χ1v) is 19.8. The van der Waals surface area contributed by atoms with Gasteiger partial charge in [-0.1, -0.05) is 188 Å². The van der Waals surface area contributed by atoms with Gasteiger partial charge in [-0.3, -0.25) is 0 Å². The van der Waals surface area contributed by atoms with Crippen molar-refractivity contribution in [2.45, 2.75) is 12.3 Å². The van der Waals surface area contributed by atoms with Gasteiger partial charge in [0.15, 0.2) is 0 Å². The summed E-state index contributed by atoms with van der Waals surface area (Å²) >= 11 is 0. The van der Waals surface area contributed by atoms with Crippen molar-refractivity contribution < 1.29 is 0 Å². The molecule has 10 rings (SSSR count). The van der Waals surface area contributed by atoms with E-state index in [1.807, 2.05) is 0 Å². The Bertz CT molecular complexity index is 2710. The molecule has 0 radical (unpaired) electrons. The molecule has 0 spiro atoms. The first-order valence-electron chi connectivity index (χ1n) is 19.8. The molecule has 1 heteroatoms. The molecule has 1 aliphatic carbocycles. The molecule has 0 amide bonds. The number of anilines is 3. The molecule has 0 heterocycles. The van der Waals surface area contributed by atoms with Crippen molar-refractivity contribution in [2.24, 2.45) is 0 Å². The summed E-state index contributed by atoms with van der Waals surface area (Å²) in [5, 5.41) is 0. The molecule has 0 fully saturated rings. The minimum Gasteiger partial charge on any atom is -0.310 e. The van der Waals surface area contributed by atoms with Crippen LogP contribution in [-0.2, 0) is 5.41 Å². The third kappa shape index (κ3) is 6.24. The molecule has 0 saturated heterocycles. The minimum absolute atomic E-state index is 0.373. The summed E-state index contributed by atoms with van der Waals surface area (Å²) in [6, 6.07) is 83.9. The lowest BCUT2D eigenvalue weighted by Crippen LogP contribution is -2.23. The maximum absolute atomic E-state index is 2.44. The van der Waals surface area contributed by atoms with Crippen LogP contribution in [0.25, 0.3) is 55.6 Å². The van der Waals surface area contributed by atoms with Crippen molar-refractivity contribution in [1.82, 2.24) is 0 Å². The fourth-order valence-corrected chi connectivity index (χ4v) is 8.72. The monoisotopic (exact) mass is 727 g/mol. The van der Waals surface area contributed by atoms with Crippen LogP contribution in [0.15, 0.2) is 231 Å². The Labute approximate surface area is 335 Å².